The molecule has 0 saturated heterocycles. The number of nitrogens with zero attached hydrogens (tertiary/aromatic N) is 4. The topological polar surface area (TPSA) is 14.2 Å². The second-order valence-corrected chi connectivity index (χ2v) is 6.10. The van der Waals surface area contributed by atoms with Crippen LogP contribution in [0.1, 0.15) is 37.6 Å². The van der Waals surface area contributed by atoms with Crippen molar-refractivity contribution in [2.24, 2.45) is 0 Å². The van der Waals surface area contributed by atoms with E-state index >= 15 is 0 Å². The second-order valence-electron chi connectivity index (χ2n) is 6.10. The molecule has 4 heteroatoms. The van der Waals surface area contributed by atoms with Gasteiger partial charge in [0.05, 0.1) is 0 Å². The smallest absolute Gasteiger partial charge is 0.213 e. The van der Waals surface area contributed by atoms with Crippen LogP contribution >= 0.6 is 0 Å². The van der Waals surface area contributed by atoms with Crippen molar-refractivity contribution in [1.29, 1.82) is 0 Å². The van der Waals surface area contributed by atoms with Crippen LogP contribution in [0.4, 0.5) is 0 Å². The van der Waals surface area contributed by atoms with E-state index < -0.39 is 5.91 Å². The number of hydrogen-bond acceptors (Lipinski definition) is 2. The van der Waals surface area contributed by atoms with Gasteiger partial charge in [-0.3, -0.25) is 0 Å². The fraction of sp³-hybridized carbons (Fsp3) is 0.143. The summed E-state index contributed by atoms with van der Waals surface area (Å²) in [4.78, 5) is 4.54. The fourth-order valence-corrected chi connectivity index (χ4v) is 4.12. The predicted molar refractivity (Wildman–Crippen MR) is 99.9 cm³/mol. The van der Waals surface area contributed by atoms with E-state index in [0.29, 0.717) is 0 Å². The summed E-state index contributed by atoms with van der Waals surface area (Å²) in [7, 11) is 0. The molecule has 1 spiro atoms. The second kappa shape index (κ2) is 4.93. The van der Waals surface area contributed by atoms with E-state index in [1.54, 1.807) is 0 Å². The maximum Gasteiger partial charge on any atom is 0.551 e. The highest BCUT2D eigenvalue weighted by Gasteiger charge is 2.67. The predicted octanol–water partition coefficient (Wildman–Crippen LogP) is 3.19. The highest BCUT2D eigenvalue weighted by atomic mass is 15.7. The van der Waals surface area contributed by atoms with E-state index in [9.17, 15) is 0 Å². The van der Waals surface area contributed by atoms with Gasteiger partial charge in [0, 0.05) is 73.4 Å². The van der Waals surface area contributed by atoms with Gasteiger partial charge in [0.25, 0.3) is 0 Å². The van der Waals surface area contributed by atoms with E-state index in [-0.39, 0.29) is 14.9 Å². The maximum atomic E-state index is 2.40. The van der Waals surface area contributed by atoms with E-state index in [2.05, 4.69) is 104 Å². The SMILES string of the molecule is C.C.C1=CN2C=Cc3cccc4[n+]3C23N(C=Cc2cccc1[n+]23)C=C4. The molecule has 0 radical (unpaired) electrons. The first-order valence-electron chi connectivity index (χ1n) is 7.80. The van der Waals surface area contributed by atoms with Crippen LogP contribution in [-0.2, 0) is 5.91 Å². The van der Waals surface area contributed by atoms with E-state index in [1.807, 2.05) is 0 Å². The standard InChI is InChI=1S/C19H14N4.2CH4/c1-3-15-7-11-20-13-9-17-5-2-6-18-10-14-21-12-8-16(4-1)22(15)19(20,21)23(17)18;;/h1-14H;2*1H4/q+2;;. The van der Waals surface area contributed by atoms with Gasteiger partial charge in [0.2, 0.25) is 22.8 Å². The van der Waals surface area contributed by atoms with Gasteiger partial charge in [0.1, 0.15) is 0 Å². The van der Waals surface area contributed by atoms with Crippen molar-refractivity contribution in [3.05, 3.63) is 84.0 Å². The molecule has 0 saturated carbocycles. The first-order chi connectivity index (χ1) is 11.4. The maximum absolute atomic E-state index is 2.40. The molecule has 0 unspecified atom stereocenters. The fourth-order valence-electron chi connectivity index (χ4n) is 4.12. The quantitative estimate of drug-likeness (QED) is 0.689. The zero-order valence-electron chi connectivity index (χ0n) is 12.4. The number of aromatic nitrogens is 2. The average Bonchev–Trinajstić information content (AvgIpc) is 2.61. The minimum Gasteiger partial charge on any atom is -0.213 e. The Labute approximate surface area is 148 Å². The molecular weight excluding hydrogens is 308 g/mol. The summed E-state index contributed by atoms with van der Waals surface area (Å²) in [5, 5.41) is 0. The third-order valence-electron chi connectivity index (χ3n) is 5.02. The molecule has 0 amide bonds. The van der Waals surface area contributed by atoms with Crippen LogP contribution < -0.4 is 9.13 Å². The van der Waals surface area contributed by atoms with Crippen LogP contribution in [0.25, 0.3) is 24.3 Å². The first kappa shape index (κ1) is 15.4. The molecule has 0 fully saturated rings. The van der Waals surface area contributed by atoms with Gasteiger partial charge in [0.15, 0.2) is 0 Å². The molecule has 4 aliphatic rings. The molecule has 6 heterocycles. The summed E-state index contributed by atoms with van der Waals surface area (Å²) in [6, 6.07) is 12.9. The summed E-state index contributed by atoms with van der Waals surface area (Å²) in [5.41, 5.74) is 4.80. The molecule has 0 aromatic carbocycles. The molecule has 4 aliphatic heterocycles. The minimum atomic E-state index is -0.454. The summed E-state index contributed by atoms with van der Waals surface area (Å²) in [5.74, 6) is -0.454. The third kappa shape index (κ3) is 1.56. The van der Waals surface area contributed by atoms with Crippen molar-refractivity contribution in [2.75, 3.05) is 0 Å². The lowest BCUT2D eigenvalue weighted by atomic mass is 10.1. The van der Waals surface area contributed by atoms with Crippen molar-refractivity contribution in [3.63, 3.8) is 0 Å². The molecule has 0 aliphatic carbocycles. The van der Waals surface area contributed by atoms with Gasteiger partial charge in [-0.25, -0.2) is 9.80 Å². The Morgan fingerprint density at radius 1 is 0.560 bits per heavy atom. The normalized spacial score (nSPS) is 18.1. The Bertz CT molecular complexity index is 851. The lowest BCUT2D eigenvalue weighted by molar-refractivity contribution is -1.04. The Hall–Kier alpha value is -3.14. The average molecular weight is 330 g/mol. The lowest BCUT2D eigenvalue weighted by Gasteiger charge is -2.43. The highest BCUT2D eigenvalue weighted by Crippen LogP contribution is 2.34. The van der Waals surface area contributed by atoms with Crippen molar-refractivity contribution in [1.82, 2.24) is 9.80 Å². The molecule has 0 N–H and O–H groups in total. The van der Waals surface area contributed by atoms with Crippen molar-refractivity contribution < 1.29 is 9.13 Å². The Morgan fingerprint density at radius 3 is 1.20 bits per heavy atom. The molecular formula is C21H22N4+2. The molecule has 2 aromatic heterocycles. The molecule has 6 rings (SSSR count). The highest BCUT2D eigenvalue weighted by molar-refractivity contribution is 5.54. The van der Waals surface area contributed by atoms with Crippen molar-refractivity contribution >= 4 is 24.3 Å². The molecule has 124 valence electrons. The van der Waals surface area contributed by atoms with E-state index in [0.717, 1.165) is 0 Å². The van der Waals surface area contributed by atoms with Gasteiger partial charge < -0.3 is 0 Å². The monoisotopic (exact) mass is 330 g/mol. The summed E-state index contributed by atoms with van der Waals surface area (Å²) in [6.07, 6.45) is 17.3. The number of pyridine rings is 2. The van der Waals surface area contributed by atoms with Gasteiger partial charge >= 0.3 is 5.91 Å². The number of hydrogen-bond donors (Lipinski definition) is 0. The largest absolute Gasteiger partial charge is 0.551 e. The van der Waals surface area contributed by atoms with Gasteiger partial charge in [-0.05, 0) is 12.1 Å². The zero-order chi connectivity index (χ0) is 15.0. The van der Waals surface area contributed by atoms with Crippen LogP contribution in [-0.4, -0.2) is 9.80 Å². The van der Waals surface area contributed by atoms with Crippen LogP contribution in [0.2, 0.25) is 0 Å². The van der Waals surface area contributed by atoms with Crippen molar-refractivity contribution in [2.45, 2.75) is 20.8 Å². The minimum absolute atomic E-state index is 0. The van der Waals surface area contributed by atoms with Crippen LogP contribution in [0, 0.1) is 0 Å². The van der Waals surface area contributed by atoms with Crippen LogP contribution in [0.3, 0.4) is 0 Å². The van der Waals surface area contributed by atoms with E-state index in [4.69, 9.17) is 0 Å². The summed E-state index contributed by atoms with van der Waals surface area (Å²) in [6.45, 7) is 0. The summed E-state index contributed by atoms with van der Waals surface area (Å²) >= 11 is 0. The number of rotatable bonds is 0. The van der Waals surface area contributed by atoms with Crippen LogP contribution in [0.5, 0.6) is 0 Å². The molecule has 0 atom stereocenters. The van der Waals surface area contributed by atoms with Crippen molar-refractivity contribution in [3.8, 4) is 0 Å². The summed E-state index contributed by atoms with van der Waals surface area (Å²) < 4.78 is 4.79. The lowest BCUT2D eigenvalue weighted by Crippen LogP contribution is -2.89. The Kier molecular flexibility index (Phi) is 3.03. The first-order valence-corrected chi connectivity index (χ1v) is 7.80. The van der Waals surface area contributed by atoms with E-state index in [1.165, 1.54) is 22.8 Å². The van der Waals surface area contributed by atoms with Crippen LogP contribution in [0.15, 0.2) is 61.2 Å². The van der Waals surface area contributed by atoms with Gasteiger partial charge in [-0.15, -0.1) is 0 Å². The molecule has 0 bridgehead atoms. The third-order valence-corrected chi connectivity index (χ3v) is 5.02. The Balaban J connectivity index is 0.000000784. The molecule has 4 nitrogen and oxygen atoms in total. The zero-order valence-corrected chi connectivity index (χ0v) is 12.4. The Morgan fingerprint density at radius 2 is 0.880 bits per heavy atom. The molecule has 2 aromatic rings. The molecule has 25 heavy (non-hydrogen) atoms. The van der Waals surface area contributed by atoms with Gasteiger partial charge in [-0.1, -0.05) is 24.0 Å². The van der Waals surface area contributed by atoms with Gasteiger partial charge in [-0.2, -0.15) is 0 Å².